The molecule has 3 atom stereocenters. The minimum absolute atomic E-state index is 0.0678. The summed E-state index contributed by atoms with van der Waals surface area (Å²) in [6.07, 6.45) is 5.40. The second-order valence-corrected chi connectivity index (χ2v) is 8.47. The molecule has 2 heterocycles. The van der Waals surface area contributed by atoms with Gasteiger partial charge in [-0.1, -0.05) is 12.1 Å². The fourth-order valence-corrected chi connectivity index (χ4v) is 4.97. The normalized spacial score (nSPS) is 21.7. The van der Waals surface area contributed by atoms with Gasteiger partial charge >= 0.3 is 18.0 Å². The lowest BCUT2D eigenvalue weighted by Gasteiger charge is -2.45. The first-order valence-corrected chi connectivity index (χ1v) is 11.2. The van der Waals surface area contributed by atoms with Gasteiger partial charge in [0.2, 0.25) is 0 Å². The number of carbonyl (C=O) groups excluding carboxylic acids is 1. The number of carbonyl (C=O) groups is 3. The van der Waals surface area contributed by atoms with Crippen molar-refractivity contribution in [1.29, 1.82) is 0 Å². The molecule has 2 amide bonds. The predicted octanol–water partition coefficient (Wildman–Crippen LogP) is 2.64. The largest absolute Gasteiger partial charge is 0.478 e. The number of urea groups is 1. The Morgan fingerprint density at radius 3 is 2.45 bits per heavy atom. The summed E-state index contributed by atoms with van der Waals surface area (Å²) in [5.74, 6) is -2.03. The molecule has 0 radical (unpaired) electrons. The summed E-state index contributed by atoms with van der Waals surface area (Å²) >= 11 is 0. The van der Waals surface area contributed by atoms with Crippen LogP contribution in [0.1, 0.15) is 37.3 Å². The summed E-state index contributed by atoms with van der Waals surface area (Å²) in [7, 11) is 2.20. The van der Waals surface area contributed by atoms with Crippen molar-refractivity contribution in [1.82, 2.24) is 20.1 Å². The average Bonchev–Trinajstić information content (AvgIpc) is 3.19. The lowest BCUT2D eigenvalue weighted by Crippen LogP contribution is -2.56. The third-order valence-electron chi connectivity index (χ3n) is 6.47. The van der Waals surface area contributed by atoms with Crippen molar-refractivity contribution in [3.05, 3.63) is 47.7 Å². The highest BCUT2D eigenvalue weighted by atomic mass is 16.4. The number of nitrogens with zero attached hydrogens (tertiary/aromatic N) is 2. The Morgan fingerprint density at radius 2 is 1.85 bits per heavy atom. The van der Waals surface area contributed by atoms with Crippen molar-refractivity contribution in [2.24, 2.45) is 0 Å². The van der Waals surface area contributed by atoms with Crippen LogP contribution in [-0.4, -0.2) is 81.7 Å². The minimum atomic E-state index is -1.26. The number of aliphatic carboxylic acids is 2. The molecule has 2 aliphatic rings. The van der Waals surface area contributed by atoms with Crippen molar-refractivity contribution in [2.75, 3.05) is 26.7 Å². The molecule has 33 heavy (non-hydrogen) atoms. The van der Waals surface area contributed by atoms with Gasteiger partial charge in [0.15, 0.2) is 0 Å². The number of carboxylic acid groups (broad SMARTS) is 2. The molecule has 0 spiro atoms. The van der Waals surface area contributed by atoms with E-state index in [0.29, 0.717) is 24.1 Å². The van der Waals surface area contributed by atoms with Gasteiger partial charge in [0.05, 0.1) is 0 Å². The second-order valence-electron chi connectivity index (χ2n) is 8.47. The molecule has 9 heteroatoms. The smallest absolute Gasteiger partial charge is 0.328 e. The standard InChI is InChI=1S/C20H28N4O.C4H4O4/c1-4-24(5-2)20(25)22-14-10-16-15-7-6-8-17-19(15)13(11-21-17)9-18(16)23(3)12-14;5-3(6)1-2-4(7)8/h6-8,11,14,16,18,21H,4-5,9-10,12H2,1-3H3,(H,22,25);1-2H,(H,5,6)(H,7,8). The van der Waals surface area contributed by atoms with E-state index in [9.17, 15) is 14.4 Å². The van der Waals surface area contributed by atoms with Crippen molar-refractivity contribution in [3.8, 4) is 0 Å². The Balaban J connectivity index is 0.000000331. The summed E-state index contributed by atoms with van der Waals surface area (Å²) in [4.78, 5) is 39.3. The number of nitrogens with one attached hydrogen (secondary N) is 2. The van der Waals surface area contributed by atoms with Crippen LogP contribution >= 0.6 is 0 Å². The van der Waals surface area contributed by atoms with E-state index >= 15 is 0 Å². The highest BCUT2D eigenvalue weighted by molar-refractivity contribution is 5.90. The average molecular weight is 457 g/mol. The van der Waals surface area contributed by atoms with Crippen LogP contribution in [0.5, 0.6) is 0 Å². The molecule has 4 N–H and O–H groups in total. The third-order valence-corrected chi connectivity index (χ3v) is 6.47. The Hall–Kier alpha value is -3.33. The highest BCUT2D eigenvalue weighted by Gasteiger charge is 2.39. The number of amides is 2. The zero-order valence-corrected chi connectivity index (χ0v) is 19.2. The number of H-pyrrole nitrogens is 1. The maximum absolute atomic E-state index is 12.5. The van der Waals surface area contributed by atoms with Crippen LogP contribution in [0.15, 0.2) is 36.5 Å². The molecule has 1 saturated heterocycles. The van der Waals surface area contributed by atoms with Crippen LogP contribution in [0.4, 0.5) is 4.79 Å². The molecule has 1 aliphatic carbocycles. The number of hydrogen-bond acceptors (Lipinski definition) is 4. The first-order chi connectivity index (χ1) is 15.7. The van der Waals surface area contributed by atoms with Crippen molar-refractivity contribution >= 4 is 28.9 Å². The van der Waals surface area contributed by atoms with Crippen LogP contribution in [0.25, 0.3) is 10.9 Å². The van der Waals surface area contributed by atoms with Gasteiger partial charge in [0.1, 0.15) is 0 Å². The van der Waals surface area contributed by atoms with Crippen LogP contribution in [0.3, 0.4) is 0 Å². The predicted molar refractivity (Wildman–Crippen MR) is 125 cm³/mol. The molecular weight excluding hydrogens is 424 g/mol. The van der Waals surface area contributed by atoms with Crippen molar-refractivity contribution in [3.63, 3.8) is 0 Å². The van der Waals surface area contributed by atoms with Gasteiger partial charge < -0.3 is 30.3 Å². The molecule has 1 aromatic carbocycles. The van der Waals surface area contributed by atoms with E-state index in [1.807, 2.05) is 18.7 Å². The summed E-state index contributed by atoms with van der Waals surface area (Å²) < 4.78 is 0. The number of hydrogen-bond donors (Lipinski definition) is 4. The first kappa shape index (κ1) is 24.3. The van der Waals surface area contributed by atoms with E-state index < -0.39 is 11.9 Å². The molecule has 1 aliphatic heterocycles. The fraction of sp³-hybridized carbons (Fsp3) is 0.458. The van der Waals surface area contributed by atoms with E-state index in [-0.39, 0.29) is 12.1 Å². The number of benzene rings is 1. The lowest BCUT2D eigenvalue weighted by atomic mass is 9.74. The summed E-state index contributed by atoms with van der Waals surface area (Å²) in [5.41, 5.74) is 4.12. The van der Waals surface area contributed by atoms with E-state index in [1.165, 1.54) is 22.0 Å². The van der Waals surface area contributed by atoms with Crippen molar-refractivity contribution < 1.29 is 24.6 Å². The molecule has 3 unspecified atom stereocenters. The van der Waals surface area contributed by atoms with Crippen LogP contribution in [-0.2, 0) is 16.0 Å². The molecule has 178 valence electrons. The fourth-order valence-electron chi connectivity index (χ4n) is 4.97. The van der Waals surface area contributed by atoms with Crippen molar-refractivity contribution in [2.45, 2.75) is 44.7 Å². The molecule has 1 fully saturated rings. The number of aromatic nitrogens is 1. The zero-order chi connectivity index (χ0) is 24.1. The molecule has 9 nitrogen and oxygen atoms in total. The zero-order valence-electron chi connectivity index (χ0n) is 19.2. The Morgan fingerprint density at radius 1 is 1.18 bits per heavy atom. The molecule has 0 bridgehead atoms. The van der Waals surface area contributed by atoms with E-state index in [2.05, 4.69) is 46.6 Å². The molecule has 2 aromatic rings. The molecule has 1 aromatic heterocycles. The van der Waals surface area contributed by atoms with Crippen LogP contribution in [0.2, 0.25) is 0 Å². The number of carboxylic acids is 2. The Labute approximate surface area is 193 Å². The number of likely N-dealkylation sites (N-methyl/N-ethyl adjacent to an activating group) is 1. The topological polar surface area (TPSA) is 126 Å². The maximum atomic E-state index is 12.5. The van der Waals surface area contributed by atoms with E-state index in [1.54, 1.807) is 0 Å². The summed E-state index contributed by atoms with van der Waals surface area (Å²) in [6.45, 7) is 6.48. The summed E-state index contributed by atoms with van der Waals surface area (Å²) in [6, 6.07) is 7.38. The first-order valence-electron chi connectivity index (χ1n) is 11.2. The van der Waals surface area contributed by atoms with Gasteiger partial charge in [0.25, 0.3) is 0 Å². The third kappa shape index (κ3) is 5.54. The molecule has 4 rings (SSSR count). The number of likely N-dealkylation sites (tertiary alicyclic amines) is 1. The van der Waals surface area contributed by atoms with E-state index in [4.69, 9.17) is 10.2 Å². The van der Waals surface area contributed by atoms with Gasteiger partial charge in [-0.05, 0) is 50.9 Å². The quantitative estimate of drug-likeness (QED) is 0.513. The molecule has 0 saturated carbocycles. The monoisotopic (exact) mass is 456 g/mol. The second kappa shape index (κ2) is 10.5. The lowest BCUT2D eigenvalue weighted by molar-refractivity contribution is -0.134. The Bertz CT molecular complexity index is 1030. The van der Waals surface area contributed by atoms with Gasteiger partial charge in [-0.2, -0.15) is 0 Å². The number of rotatable bonds is 5. The van der Waals surface area contributed by atoms with Crippen LogP contribution in [0, 0.1) is 0 Å². The summed E-state index contributed by atoms with van der Waals surface area (Å²) in [5, 5.41) is 20.3. The highest BCUT2D eigenvalue weighted by Crippen LogP contribution is 2.42. The minimum Gasteiger partial charge on any atom is -0.478 e. The molecular formula is C24H32N4O5. The Kier molecular flexibility index (Phi) is 7.75. The van der Waals surface area contributed by atoms with Gasteiger partial charge in [-0.25, -0.2) is 14.4 Å². The van der Waals surface area contributed by atoms with Crippen LogP contribution < -0.4 is 5.32 Å². The van der Waals surface area contributed by atoms with Gasteiger partial charge in [-0.3, -0.25) is 0 Å². The number of piperidine rings is 1. The SMILES string of the molecule is CCN(CC)C(=O)NC1CC2c3cccc4[nH]cc(c34)CC2N(C)C1.O=C(O)C=CC(=O)O. The van der Waals surface area contributed by atoms with E-state index in [0.717, 1.165) is 32.5 Å². The number of aromatic amines is 1. The number of fused-ring (bicyclic) bond motifs is 2. The van der Waals surface area contributed by atoms with Gasteiger partial charge in [-0.15, -0.1) is 0 Å². The van der Waals surface area contributed by atoms with Gasteiger partial charge in [0, 0.05) is 66.9 Å². The maximum Gasteiger partial charge on any atom is 0.328 e.